The highest BCUT2D eigenvalue weighted by Gasteiger charge is 2.31. The molecule has 6 heteroatoms. The molecule has 1 aromatic carbocycles. The van der Waals surface area contributed by atoms with Gasteiger partial charge in [0.1, 0.15) is 6.61 Å². The van der Waals surface area contributed by atoms with Gasteiger partial charge in [0.2, 0.25) is 0 Å². The molecule has 0 radical (unpaired) electrons. The van der Waals surface area contributed by atoms with Gasteiger partial charge in [-0.15, -0.1) is 0 Å². The number of rotatable bonds is 5. The number of nitrogens with zero attached hydrogens (tertiary/aromatic N) is 1. The third kappa shape index (κ3) is 3.43. The predicted octanol–water partition coefficient (Wildman–Crippen LogP) is 2.48. The summed E-state index contributed by atoms with van der Waals surface area (Å²) >= 11 is 0. The molecule has 0 N–H and O–H groups in total. The maximum Gasteiger partial charge on any atom is 0.314 e. The van der Waals surface area contributed by atoms with Crippen molar-refractivity contribution in [3.8, 4) is 5.75 Å². The van der Waals surface area contributed by atoms with Crippen molar-refractivity contribution in [2.24, 2.45) is 5.41 Å². The van der Waals surface area contributed by atoms with Crippen molar-refractivity contribution in [2.45, 2.75) is 20.8 Å². The number of benzene rings is 1. The number of ether oxygens (including phenoxy) is 2. The molecule has 6 nitrogen and oxygen atoms in total. The van der Waals surface area contributed by atoms with Gasteiger partial charge in [-0.05, 0) is 26.3 Å². The Labute approximate surface area is 111 Å². The Hall–Kier alpha value is -2.11. The largest absolute Gasteiger partial charge is 0.485 e. The summed E-state index contributed by atoms with van der Waals surface area (Å²) in [7, 11) is 1.29. The van der Waals surface area contributed by atoms with Gasteiger partial charge in [0.15, 0.2) is 5.75 Å². The molecule has 0 aromatic heterocycles. The lowest BCUT2D eigenvalue weighted by Crippen LogP contribution is -2.32. The van der Waals surface area contributed by atoms with E-state index in [4.69, 9.17) is 4.74 Å². The second kappa shape index (κ2) is 5.69. The van der Waals surface area contributed by atoms with E-state index in [1.165, 1.54) is 13.2 Å². The highest BCUT2D eigenvalue weighted by molar-refractivity contribution is 5.76. The van der Waals surface area contributed by atoms with E-state index in [0.717, 1.165) is 0 Å². The summed E-state index contributed by atoms with van der Waals surface area (Å²) in [5.74, 6) is -0.242. The lowest BCUT2D eigenvalue weighted by atomic mass is 9.95. The van der Waals surface area contributed by atoms with E-state index in [0.29, 0.717) is 5.56 Å². The van der Waals surface area contributed by atoms with E-state index in [-0.39, 0.29) is 18.0 Å². The maximum absolute atomic E-state index is 11.5. The fourth-order valence-corrected chi connectivity index (χ4v) is 1.56. The number of nitro benzene ring substituents is 1. The smallest absolute Gasteiger partial charge is 0.314 e. The van der Waals surface area contributed by atoms with E-state index >= 15 is 0 Å². The topological polar surface area (TPSA) is 78.7 Å². The van der Waals surface area contributed by atoms with Crippen molar-refractivity contribution in [1.29, 1.82) is 0 Å². The van der Waals surface area contributed by atoms with Crippen LogP contribution in [0.5, 0.6) is 5.75 Å². The molecule has 1 rings (SSSR count). The van der Waals surface area contributed by atoms with Crippen LogP contribution in [-0.2, 0) is 9.53 Å². The summed E-state index contributed by atoms with van der Waals surface area (Å²) in [5.41, 5.74) is -0.333. The molecule has 0 amide bonds. The van der Waals surface area contributed by atoms with E-state index in [2.05, 4.69) is 4.74 Å². The first-order valence-corrected chi connectivity index (χ1v) is 5.75. The van der Waals surface area contributed by atoms with Crippen LogP contribution in [0.4, 0.5) is 5.69 Å². The van der Waals surface area contributed by atoms with Crippen LogP contribution >= 0.6 is 0 Å². The number of hydrogen-bond acceptors (Lipinski definition) is 5. The quantitative estimate of drug-likeness (QED) is 0.465. The molecular formula is C13H17NO5. The Kier molecular flexibility index (Phi) is 4.47. The van der Waals surface area contributed by atoms with Gasteiger partial charge in [0, 0.05) is 6.07 Å². The summed E-state index contributed by atoms with van der Waals surface area (Å²) in [5, 5.41) is 10.9. The number of aryl methyl sites for hydroxylation is 1. The van der Waals surface area contributed by atoms with Crippen LogP contribution in [0.15, 0.2) is 18.2 Å². The van der Waals surface area contributed by atoms with E-state index in [1.807, 2.05) is 0 Å². The van der Waals surface area contributed by atoms with Crippen molar-refractivity contribution in [2.75, 3.05) is 13.7 Å². The lowest BCUT2D eigenvalue weighted by Gasteiger charge is -2.22. The van der Waals surface area contributed by atoms with Crippen molar-refractivity contribution in [3.05, 3.63) is 33.9 Å². The summed E-state index contributed by atoms with van der Waals surface area (Å²) in [6.07, 6.45) is 0. The average molecular weight is 267 g/mol. The third-order valence-electron chi connectivity index (χ3n) is 2.70. The average Bonchev–Trinajstić information content (AvgIpc) is 2.35. The Morgan fingerprint density at radius 2 is 2.05 bits per heavy atom. The molecule has 0 fully saturated rings. The van der Waals surface area contributed by atoms with E-state index in [9.17, 15) is 14.9 Å². The van der Waals surface area contributed by atoms with Crippen molar-refractivity contribution >= 4 is 11.7 Å². The first-order valence-electron chi connectivity index (χ1n) is 5.75. The fourth-order valence-electron chi connectivity index (χ4n) is 1.56. The summed E-state index contributed by atoms with van der Waals surface area (Å²) in [6.45, 7) is 5.03. The molecule has 0 saturated carbocycles. The first-order chi connectivity index (χ1) is 8.79. The van der Waals surface area contributed by atoms with Gasteiger partial charge in [0.05, 0.1) is 17.4 Å². The van der Waals surface area contributed by atoms with Gasteiger partial charge in [-0.1, -0.05) is 12.1 Å². The molecule has 0 heterocycles. The third-order valence-corrected chi connectivity index (χ3v) is 2.70. The summed E-state index contributed by atoms with van der Waals surface area (Å²) < 4.78 is 10.1. The van der Waals surface area contributed by atoms with Crippen LogP contribution in [0.25, 0.3) is 0 Å². The van der Waals surface area contributed by atoms with Gasteiger partial charge in [-0.2, -0.15) is 0 Å². The van der Waals surface area contributed by atoms with Gasteiger partial charge >= 0.3 is 11.7 Å². The van der Waals surface area contributed by atoms with Crippen LogP contribution in [0.1, 0.15) is 19.4 Å². The van der Waals surface area contributed by atoms with E-state index < -0.39 is 16.3 Å². The zero-order chi connectivity index (χ0) is 14.6. The molecule has 0 aliphatic carbocycles. The molecule has 0 unspecified atom stereocenters. The predicted molar refractivity (Wildman–Crippen MR) is 69.1 cm³/mol. The van der Waals surface area contributed by atoms with E-state index in [1.54, 1.807) is 32.9 Å². The van der Waals surface area contributed by atoms with Crippen LogP contribution in [0, 0.1) is 22.5 Å². The first kappa shape index (κ1) is 14.9. The van der Waals surface area contributed by atoms with Gasteiger partial charge < -0.3 is 9.47 Å². The number of para-hydroxylation sites is 1. The molecule has 104 valence electrons. The number of methoxy groups -OCH3 is 1. The summed E-state index contributed by atoms with van der Waals surface area (Å²) in [4.78, 5) is 21.9. The molecule has 1 aromatic rings. The molecule has 0 aliphatic rings. The van der Waals surface area contributed by atoms with Crippen molar-refractivity contribution in [3.63, 3.8) is 0 Å². The standard InChI is InChI=1S/C13H17NO5/c1-9-6-5-7-10(14(16)17)11(9)19-8-13(2,3)12(15)18-4/h5-7H,8H2,1-4H3. The zero-order valence-corrected chi connectivity index (χ0v) is 11.4. The Morgan fingerprint density at radius 3 is 2.58 bits per heavy atom. The number of nitro groups is 1. The van der Waals surface area contributed by atoms with Crippen molar-refractivity contribution in [1.82, 2.24) is 0 Å². The number of carbonyl (C=O) groups excluding carboxylic acids is 1. The number of esters is 1. The van der Waals surface area contributed by atoms with Crippen molar-refractivity contribution < 1.29 is 19.2 Å². The highest BCUT2D eigenvalue weighted by atomic mass is 16.6. The molecule has 0 atom stereocenters. The molecular weight excluding hydrogens is 250 g/mol. The molecule has 19 heavy (non-hydrogen) atoms. The minimum atomic E-state index is -0.870. The Morgan fingerprint density at radius 1 is 1.42 bits per heavy atom. The van der Waals surface area contributed by atoms with Crippen LogP contribution < -0.4 is 4.74 Å². The second-order valence-corrected chi connectivity index (χ2v) is 4.84. The molecule has 0 saturated heterocycles. The minimum Gasteiger partial charge on any atom is -0.485 e. The normalized spacial score (nSPS) is 10.9. The lowest BCUT2D eigenvalue weighted by molar-refractivity contribution is -0.386. The van der Waals surface area contributed by atoms with Gasteiger partial charge in [-0.3, -0.25) is 14.9 Å². The summed E-state index contributed by atoms with van der Waals surface area (Å²) in [6, 6.07) is 4.67. The molecule has 0 aliphatic heterocycles. The minimum absolute atomic E-state index is 0.00532. The molecule has 0 bridgehead atoms. The zero-order valence-electron chi connectivity index (χ0n) is 11.4. The second-order valence-electron chi connectivity index (χ2n) is 4.84. The Bertz CT molecular complexity index is 496. The van der Waals surface area contributed by atoms with Crippen LogP contribution in [-0.4, -0.2) is 24.6 Å². The maximum atomic E-state index is 11.5. The van der Waals surface area contributed by atoms with Crippen LogP contribution in [0.2, 0.25) is 0 Å². The number of carbonyl (C=O) groups is 1. The monoisotopic (exact) mass is 267 g/mol. The van der Waals surface area contributed by atoms with Gasteiger partial charge in [-0.25, -0.2) is 0 Å². The SMILES string of the molecule is COC(=O)C(C)(C)COc1c(C)cccc1[N+](=O)[O-]. The van der Waals surface area contributed by atoms with Crippen LogP contribution in [0.3, 0.4) is 0 Å². The van der Waals surface area contributed by atoms with Gasteiger partial charge in [0.25, 0.3) is 0 Å². The highest BCUT2D eigenvalue weighted by Crippen LogP contribution is 2.32. The Balaban J connectivity index is 2.95. The molecule has 0 spiro atoms. The fraction of sp³-hybridized carbons (Fsp3) is 0.462. The number of hydrogen-bond donors (Lipinski definition) is 0.